The smallest absolute Gasteiger partial charge is 0.267 e. The van der Waals surface area contributed by atoms with E-state index in [-0.39, 0.29) is 5.91 Å². The van der Waals surface area contributed by atoms with Gasteiger partial charge in [-0.1, -0.05) is 17.7 Å². The summed E-state index contributed by atoms with van der Waals surface area (Å²) in [6.45, 7) is 5.92. The monoisotopic (exact) mass is 311 g/mol. The molecule has 0 fully saturated rings. The van der Waals surface area contributed by atoms with E-state index in [1.807, 2.05) is 51.1 Å². The van der Waals surface area contributed by atoms with Crippen LogP contribution in [-0.4, -0.2) is 10.9 Å². The Morgan fingerprint density at radius 1 is 1.18 bits per heavy atom. The van der Waals surface area contributed by atoms with Crippen LogP contribution in [-0.2, 0) is 0 Å². The van der Waals surface area contributed by atoms with E-state index in [1.165, 1.54) is 11.3 Å². The van der Waals surface area contributed by atoms with E-state index >= 15 is 0 Å². The summed E-state index contributed by atoms with van der Waals surface area (Å²) in [6.07, 6.45) is 0. The Kier molecular flexibility index (Phi) is 3.58. The molecule has 0 radical (unpaired) electrons. The first-order chi connectivity index (χ1) is 10.5. The zero-order valence-corrected chi connectivity index (χ0v) is 13.5. The Morgan fingerprint density at radius 2 is 1.95 bits per heavy atom. The van der Waals surface area contributed by atoms with Gasteiger partial charge in [0.1, 0.15) is 9.71 Å². The second kappa shape index (κ2) is 5.42. The van der Waals surface area contributed by atoms with E-state index in [0.29, 0.717) is 10.6 Å². The first-order valence-electron chi connectivity index (χ1n) is 7.00. The topological polar surface area (TPSA) is 68.0 Å². The summed E-state index contributed by atoms with van der Waals surface area (Å²) in [5.41, 5.74) is 10.5. The molecule has 0 atom stereocenters. The van der Waals surface area contributed by atoms with Crippen LogP contribution in [0.2, 0.25) is 0 Å². The van der Waals surface area contributed by atoms with Crippen molar-refractivity contribution in [2.24, 2.45) is 0 Å². The van der Waals surface area contributed by atoms with Gasteiger partial charge in [0.2, 0.25) is 0 Å². The van der Waals surface area contributed by atoms with Crippen LogP contribution in [0.15, 0.2) is 30.3 Å². The molecule has 2 heterocycles. The highest BCUT2D eigenvalue weighted by Gasteiger charge is 2.17. The lowest BCUT2D eigenvalue weighted by Crippen LogP contribution is -2.12. The lowest BCUT2D eigenvalue weighted by Gasteiger charge is -2.08. The first-order valence-corrected chi connectivity index (χ1v) is 7.81. The molecule has 1 aromatic carbocycles. The molecular weight excluding hydrogens is 294 g/mol. The number of anilines is 2. The van der Waals surface area contributed by atoms with Gasteiger partial charge in [-0.3, -0.25) is 4.79 Å². The van der Waals surface area contributed by atoms with Crippen molar-refractivity contribution < 1.29 is 4.79 Å². The van der Waals surface area contributed by atoms with Crippen molar-refractivity contribution in [3.05, 3.63) is 52.0 Å². The average Bonchev–Trinajstić information content (AvgIpc) is 2.78. The van der Waals surface area contributed by atoms with Crippen molar-refractivity contribution in [3.63, 3.8) is 0 Å². The van der Waals surface area contributed by atoms with Crippen LogP contribution in [0, 0.1) is 20.8 Å². The number of fused-ring (bicyclic) bond motifs is 1. The number of nitrogens with two attached hydrogens (primary N) is 1. The molecular formula is C17H17N3OS. The molecule has 3 aromatic rings. The Morgan fingerprint density at radius 3 is 2.68 bits per heavy atom. The number of hydrogen-bond donors (Lipinski definition) is 2. The number of amides is 1. The SMILES string of the molecule is Cc1ccc(NC(=O)c2sc3nc(C)ccc3c2N)c(C)c1. The fourth-order valence-electron chi connectivity index (χ4n) is 2.39. The van der Waals surface area contributed by atoms with Crippen LogP contribution in [0.4, 0.5) is 11.4 Å². The normalized spacial score (nSPS) is 10.9. The lowest BCUT2D eigenvalue weighted by molar-refractivity contribution is 0.103. The second-order valence-corrected chi connectivity index (χ2v) is 6.42. The minimum atomic E-state index is -0.190. The van der Waals surface area contributed by atoms with Crippen molar-refractivity contribution in [2.45, 2.75) is 20.8 Å². The molecule has 0 saturated carbocycles. The zero-order chi connectivity index (χ0) is 15.9. The number of rotatable bonds is 2. The fourth-order valence-corrected chi connectivity index (χ4v) is 3.43. The molecule has 0 spiro atoms. The number of pyridine rings is 1. The molecule has 0 bridgehead atoms. The van der Waals surface area contributed by atoms with E-state index in [9.17, 15) is 4.79 Å². The summed E-state index contributed by atoms with van der Waals surface area (Å²) in [4.78, 5) is 18.3. The van der Waals surface area contributed by atoms with Gasteiger partial charge in [-0.2, -0.15) is 0 Å². The van der Waals surface area contributed by atoms with E-state index in [4.69, 9.17) is 5.73 Å². The minimum Gasteiger partial charge on any atom is -0.397 e. The summed E-state index contributed by atoms with van der Waals surface area (Å²) in [5.74, 6) is -0.190. The number of thiophene rings is 1. The van der Waals surface area contributed by atoms with Gasteiger partial charge in [-0.15, -0.1) is 11.3 Å². The standard InChI is InChI=1S/C17H17N3OS/c1-9-4-7-13(10(2)8-9)20-16(21)15-14(18)12-6-5-11(3)19-17(12)22-15/h4-8H,18H2,1-3H3,(H,20,21). The minimum absolute atomic E-state index is 0.190. The Bertz CT molecular complexity index is 883. The highest BCUT2D eigenvalue weighted by Crippen LogP contribution is 2.33. The Hall–Kier alpha value is -2.40. The van der Waals surface area contributed by atoms with Crippen LogP contribution in [0.5, 0.6) is 0 Å². The number of hydrogen-bond acceptors (Lipinski definition) is 4. The van der Waals surface area contributed by atoms with E-state index in [2.05, 4.69) is 10.3 Å². The van der Waals surface area contributed by atoms with Crippen molar-refractivity contribution in [1.82, 2.24) is 4.98 Å². The molecule has 5 heteroatoms. The Labute approximate surface area is 133 Å². The molecule has 0 aliphatic rings. The number of nitrogens with zero attached hydrogens (tertiary/aromatic N) is 1. The van der Waals surface area contributed by atoms with Gasteiger partial charge in [0.25, 0.3) is 5.91 Å². The van der Waals surface area contributed by atoms with Gasteiger partial charge in [-0.25, -0.2) is 4.98 Å². The summed E-state index contributed by atoms with van der Waals surface area (Å²) in [6, 6.07) is 9.74. The molecule has 4 nitrogen and oxygen atoms in total. The highest BCUT2D eigenvalue weighted by molar-refractivity contribution is 7.21. The number of carbonyl (C=O) groups is 1. The summed E-state index contributed by atoms with van der Waals surface area (Å²) in [7, 11) is 0. The van der Waals surface area contributed by atoms with E-state index < -0.39 is 0 Å². The summed E-state index contributed by atoms with van der Waals surface area (Å²) in [5, 5.41) is 3.77. The maximum Gasteiger partial charge on any atom is 0.267 e. The van der Waals surface area contributed by atoms with Crippen LogP contribution in [0.1, 0.15) is 26.5 Å². The molecule has 3 rings (SSSR count). The average molecular weight is 311 g/mol. The highest BCUT2D eigenvalue weighted by atomic mass is 32.1. The summed E-state index contributed by atoms with van der Waals surface area (Å²) < 4.78 is 0. The lowest BCUT2D eigenvalue weighted by atomic mass is 10.1. The Balaban J connectivity index is 1.97. The molecule has 1 amide bonds. The van der Waals surface area contributed by atoms with Crippen LogP contribution < -0.4 is 11.1 Å². The van der Waals surface area contributed by atoms with Gasteiger partial charge in [-0.05, 0) is 44.5 Å². The van der Waals surface area contributed by atoms with Gasteiger partial charge in [0, 0.05) is 16.8 Å². The van der Waals surface area contributed by atoms with Crippen molar-refractivity contribution >= 4 is 38.8 Å². The predicted molar refractivity (Wildman–Crippen MR) is 92.6 cm³/mol. The third-order valence-corrected chi connectivity index (χ3v) is 4.68. The molecule has 0 saturated heterocycles. The number of benzene rings is 1. The van der Waals surface area contributed by atoms with Crippen LogP contribution in [0.25, 0.3) is 10.2 Å². The van der Waals surface area contributed by atoms with E-state index in [1.54, 1.807) is 0 Å². The van der Waals surface area contributed by atoms with Crippen LogP contribution in [0.3, 0.4) is 0 Å². The molecule has 0 unspecified atom stereocenters. The number of nitrogens with one attached hydrogen (secondary N) is 1. The number of nitrogen functional groups attached to an aromatic ring is 1. The van der Waals surface area contributed by atoms with Gasteiger partial charge in [0.05, 0.1) is 5.69 Å². The molecule has 0 aliphatic heterocycles. The third-order valence-electron chi connectivity index (χ3n) is 3.57. The molecule has 0 aliphatic carbocycles. The van der Waals surface area contributed by atoms with Crippen molar-refractivity contribution in [1.29, 1.82) is 0 Å². The van der Waals surface area contributed by atoms with Gasteiger partial charge in [0.15, 0.2) is 0 Å². The number of aromatic nitrogens is 1. The molecule has 112 valence electrons. The first kappa shape index (κ1) is 14.5. The maximum atomic E-state index is 12.5. The van der Waals surface area contributed by atoms with Crippen LogP contribution >= 0.6 is 11.3 Å². The quantitative estimate of drug-likeness (QED) is 0.750. The summed E-state index contributed by atoms with van der Waals surface area (Å²) >= 11 is 1.33. The number of aryl methyl sites for hydroxylation is 3. The third kappa shape index (κ3) is 2.55. The van der Waals surface area contributed by atoms with Crippen molar-refractivity contribution in [2.75, 3.05) is 11.1 Å². The molecule has 3 N–H and O–H groups in total. The molecule has 2 aromatic heterocycles. The van der Waals surface area contributed by atoms with Crippen molar-refractivity contribution in [3.8, 4) is 0 Å². The maximum absolute atomic E-state index is 12.5. The zero-order valence-electron chi connectivity index (χ0n) is 12.7. The largest absolute Gasteiger partial charge is 0.397 e. The van der Waals surface area contributed by atoms with Gasteiger partial charge < -0.3 is 11.1 Å². The van der Waals surface area contributed by atoms with Gasteiger partial charge >= 0.3 is 0 Å². The van der Waals surface area contributed by atoms with E-state index in [0.717, 1.165) is 32.7 Å². The predicted octanol–water partition coefficient (Wildman–Crippen LogP) is 4.06. The number of carbonyl (C=O) groups excluding carboxylic acids is 1. The second-order valence-electron chi connectivity index (χ2n) is 5.42. The molecule has 22 heavy (non-hydrogen) atoms. The fraction of sp³-hybridized carbons (Fsp3) is 0.176.